The van der Waals surface area contributed by atoms with Crippen LogP contribution in [0, 0.1) is 0 Å². The van der Waals surface area contributed by atoms with Gasteiger partial charge < -0.3 is 0 Å². The average Bonchev–Trinajstić information content (AvgIpc) is 2.77. The smallest absolute Gasteiger partial charge is 0.0158 e. The summed E-state index contributed by atoms with van der Waals surface area (Å²) in [6.07, 6.45) is 9.99. The lowest BCUT2D eigenvalue weighted by Gasteiger charge is -2.22. The minimum absolute atomic E-state index is 0.118. The number of rotatable bonds is 1. The fourth-order valence-corrected chi connectivity index (χ4v) is 3.80. The van der Waals surface area contributed by atoms with Crippen LogP contribution in [0.4, 0.5) is 0 Å². The summed E-state index contributed by atoms with van der Waals surface area (Å²) in [5, 5.41) is 0. The third-order valence-corrected chi connectivity index (χ3v) is 5.02. The van der Waals surface area contributed by atoms with Gasteiger partial charge in [-0.05, 0) is 34.2 Å². The summed E-state index contributed by atoms with van der Waals surface area (Å²) in [5.74, 6) is 0.524. The Morgan fingerprint density at radius 1 is 0.905 bits per heavy atom. The summed E-state index contributed by atoms with van der Waals surface area (Å²) in [6, 6.07) is 15.9. The third kappa shape index (κ3) is 1.82. The highest BCUT2D eigenvalue weighted by atomic mass is 14.4. The Hall–Kier alpha value is -2.08. The molecule has 0 aromatic heterocycles. The van der Waals surface area contributed by atoms with Gasteiger partial charge in [0.25, 0.3) is 0 Å². The van der Waals surface area contributed by atoms with Crippen molar-refractivity contribution in [3.63, 3.8) is 0 Å². The Bertz CT molecular complexity index is 759. The lowest BCUT2D eigenvalue weighted by Crippen LogP contribution is -2.14. The zero-order valence-electron chi connectivity index (χ0n) is 12.6. The lowest BCUT2D eigenvalue weighted by molar-refractivity contribution is 0.660. The molecule has 0 radical (unpaired) electrons. The van der Waals surface area contributed by atoms with Gasteiger partial charge in [0.15, 0.2) is 0 Å². The van der Waals surface area contributed by atoms with Crippen LogP contribution >= 0.6 is 0 Å². The number of fused-ring (bicyclic) bond motifs is 3. The summed E-state index contributed by atoms with van der Waals surface area (Å²) in [4.78, 5) is 0. The highest BCUT2D eigenvalue weighted by molar-refractivity contribution is 5.81. The molecule has 0 nitrogen and oxygen atoms in total. The predicted molar refractivity (Wildman–Crippen MR) is 89.6 cm³/mol. The quantitative estimate of drug-likeness (QED) is 0.634. The van der Waals surface area contributed by atoms with Gasteiger partial charge in [-0.25, -0.2) is 0 Å². The van der Waals surface area contributed by atoms with Crippen LogP contribution in [-0.4, -0.2) is 0 Å². The van der Waals surface area contributed by atoms with Gasteiger partial charge in [-0.3, -0.25) is 0 Å². The monoisotopic (exact) mass is 272 g/mol. The Balaban J connectivity index is 1.87. The summed E-state index contributed by atoms with van der Waals surface area (Å²) in [7, 11) is 0. The fraction of sp³-hybridized carbons (Fsp3) is 0.238. The Morgan fingerprint density at radius 3 is 2.52 bits per heavy atom. The molecule has 0 aliphatic heterocycles. The maximum atomic E-state index is 2.41. The zero-order valence-corrected chi connectivity index (χ0v) is 12.6. The molecule has 21 heavy (non-hydrogen) atoms. The van der Waals surface area contributed by atoms with Crippen molar-refractivity contribution in [2.45, 2.75) is 31.6 Å². The SMILES string of the molecule is CC1(C)c2ccccc2-c2cc(C3C=CC=CC3)ccc21. The third-order valence-electron chi connectivity index (χ3n) is 5.02. The van der Waals surface area contributed by atoms with Gasteiger partial charge in [0.2, 0.25) is 0 Å². The molecule has 0 spiro atoms. The number of hydrogen-bond donors (Lipinski definition) is 0. The van der Waals surface area contributed by atoms with E-state index in [0.717, 1.165) is 6.42 Å². The van der Waals surface area contributed by atoms with Crippen LogP contribution in [-0.2, 0) is 5.41 Å². The molecule has 0 amide bonds. The van der Waals surface area contributed by atoms with Crippen molar-refractivity contribution < 1.29 is 0 Å². The second-order valence-corrected chi connectivity index (χ2v) is 6.63. The van der Waals surface area contributed by atoms with Crippen LogP contribution in [0.1, 0.15) is 42.9 Å². The molecule has 0 N–H and O–H groups in total. The first kappa shape index (κ1) is 12.6. The lowest BCUT2D eigenvalue weighted by atomic mass is 9.81. The normalized spacial score (nSPS) is 21.1. The van der Waals surface area contributed by atoms with Crippen LogP contribution in [0.15, 0.2) is 66.8 Å². The van der Waals surface area contributed by atoms with Gasteiger partial charge in [-0.2, -0.15) is 0 Å². The van der Waals surface area contributed by atoms with E-state index in [0.29, 0.717) is 5.92 Å². The van der Waals surface area contributed by atoms with Crippen molar-refractivity contribution >= 4 is 0 Å². The first-order valence-electron chi connectivity index (χ1n) is 7.75. The van der Waals surface area contributed by atoms with E-state index in [-0.39, 0.29) is 5.41 Å². The molecule has 0 fully saturated rings. The molecule has 0 saturated carbocycles. The van der Waals surface area contributed by atoms with Crippen LogP contribution in [0.2, 0.25) is 0 Å². The minimum Gasteiger partial charge on any atom is -0.0836 e. The van der Waals surface area contributed by atoms with E-state index in [9.17, 15) is 0 Å². The van der Waals surface area contributed by atoms with Crippen molar-refractivity contribution in [1.29, 1.82) is 0 Å². The Kier molecular flexibility index (Phi) is 2.68. The molecule has 104 valence electrons. The second-order valence-electron chi connectivity index (χ2n) is 6.63. The summed E-state index contributed by atoms with van der Waals surface area (Å²) < 4.78 is 0. The van der Waals surface area contributed by atoms with E-state index in [1.165, 1.54) is 27.8 Å². The van der Waals surface area contributed by atoms with Crippen molar-refractivity contribution in [2.24, 2.45) is 0 Å². The van der Waals surface area contributed by atoms with E-state index in [4.69, 9.17) is 0 Å². The molecule has 0 bridgehead atoms. The molecular formula is C21H20. The first-order chi connectivity index (χ1) is 10.2. The van der Waals surface area contributed by atoms with E-state index in [2.05, 4.69) is 80.6 Å². The number of allylic oxidation sites excluding steroid dienone is 4. The molecule has 2 aliphatic rings. The van der Waals surface area contributed by atoms with Gasteiger partial charge in [0.05, 0.1) is 0 Å². The topological polar surface area (TPSA) is 0 Å². The Labute approximate surface area is 126 Å². The molecule has 1 atom stereocenters. The van der Waals surface area contributed by atoms with Gasteiger partial charge in [-0.1, -0.05) is 80.6 Å². The Morgan fingerprint density at radius 2 is 1.71 bits per heavy atom. The van der Waals surface area contributed by atoms with E-state index < -0.39 is 0 Å². The fourth-order valence-electron chi connectivity index (χ4n) is 3.80. The zero-order chi connectivity index (χ0) is 14.4. The van der Waals surface area contributed by atoms with Crippen LogP contribution < -0.4 is 0 Å². The predicted octanol–water partition coefficient (Wildman–Crippen LogP) is 5.59. The van der Waals surface area contributed by atoms with Crippen molar-refractivity contribution in [3.05, 3.63) is 83.5 Å². The number of benzene rings is 2. The first-order valence-corrected chi connectivity index (χ1v) is 7.75. The second kappa shape index (κ2) is 4.46. The maximum Gasteiger partial charge on any atom is 0.0158 e. The molecular weight excluding hydrogens is 252 g/mol. The average molecular weight is 272 g/mol. The van der Waals surface area contributed by atoms with E-state index in [1.54, 1.807) is 0 Å². The molecule has 2 aromatic rings. The molecule has 1 unspecified atom stereocenters. The van der Waals surface area contributed by atoms with Gasteiger partial charge in [0, 0.05) is 11.3 Å². The summed E-state index contributed by atoms with van der Waals surface area (Å²) in [6.45, 7) is 4.67. The minimum atomic E-state index is 0.118. The molecule has 0 saturated heterocycles. The molecule has 2 aromatic carbocycles. The molecule has 0 heterocycles. The van der Waals surface area contributed by atoms with Gasteiger partial charge in [-0.15, -0.1) is 0 Å². The highest BCUT2D eigenvalue weighted by Gasteiger charge is 2.35. The maximum absolute atomic E-state index is 2.41. The largest absolute Gasteiger partial charge is 0.0836 e. The van der Waals surface area contributed by atoms with E-state index in [1.807, 2.05) is 0 Å². The number of hydrogen-bond acceptors (Lipinski definition) is 0. The van der Waals surface area contributed by atoms with Crippen molar-refractivity contribution in [2.75, 3.05) is 0 Å². The molecule has 0 heteroatoms. The van der Waals surface area contributed by atoms with Gasteiger partial charge >= 0.3 is 0 Å². The highest BCUT2D eigenvalue weighted by Crippen LogP contribution is 2.49. The van der Waals surface area contributed by atoms with E-state index >= 15 is 0 Å². The van der Waals surface area contributed by atoms with Crippen molar-refractivity contribution in [1.82, 2.24) is 0 Å². The summed E-state index contributed by atoms with van der Waals surface area (Å²) in [5.41, 5.74) is 7.30. The van der Waals surface area contributed by atoms with Gasteiger partial charge in [0.1, 0.15) is 0 Å². The molecule has 2 aliphatic carbocycles. The standard InChI is InChI=1S/C21H20/c1-21(2)19-11-7-6-10-17(19)18-14-16(12-13-20(18)21)15-8-4-3-5-9-15/h3-8,10-15H,9H2,1-2H3. The van der Waals surface area contributed by atoms with Crippen LogP contribution in [0.5, 0.6) is 0 Å². The van der Waals surface area contributed by atoms with Crippen LogP contribution in [0.3, 0.4) is 0 Å². The molecule has 4 rings (SSSR count). The van der Waals surface area contributed by atoms with Crippen LogP contribution in [0.25, 0.3) is 11.1 Å². The van der Waals surface area contributed by atoms with Crippen molar-refractivity contribution in [3.8, 4) is 11.1 Å². The summed E-state index contributed by atoms with van der Waals surface area (Å²) >= 11 is 0.